The van der Waals surface area contributed by atoms with E-state index in [1.165, 1.54) is 6.92 Å². The van der Waals surface area contributed by atoms with Gasteiger partial charge < -0.3 is 39.0 Å². The van der Waals surface area contributed by atoms with Crippen molar-refractivity contribution in [1.29, 1.82) is 0 Å². The first kappa shape index (κ1) is 25.5. The van der Waals surface area contributed by atoms with Crippen molar-refractivity contribution in [1.82, 2.24) is 0 Å². The maximum absolute atomic E-state index is 13.6. The Morgan fingerprint density at radius 3 is 2.44 bits per heavy atom. The summed E-state index contributed by atoms with van der Waals surface area (Å²) in [6, 6.07) is 8.99. The number of hydrogen-bond acceptors (Lipinski definition) is 10. The van der Waals surface area contributed by atoms with Crippen molar-refractivity contribution in [2.75, 3.05) is 6.61 Å². The fourth-order valence-corrected chi connectivity index (χ4v) is 8.49. The molecule has 10 nitrogen and oxygen atoms in total. The molecule has 6 aliphatic rings. The van der Waals surface area contributed by atoms with Crippen LogP contribution in [0, 0.1) is 17.8 Å². The monoisotopic (exact) mass is 540 g/mol. The summed E-state index contributed by atoms with van der Waals surface area (Å²) in [5.74, 6) is -5.64. The van der Waals surface area contributed by atoms with E-state index in [0.717, 1.165) is 0 Å². The summed E-state index contributed by atoms with van der Waals surface area (Å²) in [4.78, 5) is 26.1. The number of epoxide rings is 1. The van der Waals surface area contributed by atoms with E-state index < -0.39 is 88.9 Å². The normalized spacial score (nSPS) is 52.3. The lowest BCUT2D eigenvalue weighted by Gasteiger charge is -2.61. The van der Waals surface area contributed by atoms with Crippen molar-refractivity contribution in [3.63, 3.8) is 0 Å². The molecule has 0 aromatic heterocycles. The Kier molecular flexibility index (Phi) is 4.87. The van der Waals surface area contributed by atoms with E-state index in [4.69, 9.17) is 23.7 Å². The van der Waals surface area contributed by atoms with Crippen LogP contribution in [0.1, 0.15) is 33.3 Å². The fourth-order valence-electron chi connectivity index (χ4n) is 8.49. The number of ketones is 1. The number of aliphatic hydroxyl groups is 3. The van der Waals surface area contributed by atoms with Crippen LogP contribution in [-0.2, 0) is 39.2 Å². The number of esters is 1. The Labute approximate surface area is 225 Å². The average molecular weight is 541 g/mol. The minimum atomic E-state index is -2.39. The Morgan fingerprint density at radius 1 is 1.13 bits per heavy atom. The van der Waals surface area contributed by atoms with Gasteiger partial charge in [0.05, 0.1) is 12.2 Å². The van der Waals surface area contributed by atoms with Crippen molar-refractivity contribution >= 4 is 11.8 Å². The molecule has 10 heteroatoms. The Hall–Kier alpha value is -2.44. The summed E-state index contributed by atoms with van der Waals surface area (Å²) >= 11 is 0. The molecule has 3 aliphatic carbocycles. The summed E-state index contributed by atoms with van der Waals surface area (Å²) in [6.45, 7) is 10.0. The van der Waals surface area contributed by atoms with Gasteiger partial charge in [-0.3, -0.25) is 9.59 Å². The lowest BCUT2D eigenvalue weighted by molar-refractivity contribution is -0.440. The van der Waals surface area contributed by atoms with E-state index in [9.17, 15) is 24.9 Å². The molecule has 39 heavy (non-hydrogen) atoms. The van der Waals surface area contributed by atoms with E-state index in [1.54, 1.807) is 44.2 Å². The quantitative estimate of drug-likeness (QED) is 0.286. The van der Waals surface area contributed by atoms with Crippen LogP contribution in [0.2, 0.25) is 0 Å². The molecule has 208 valence electrons. The molecule has 3 unspecified atom stereocenters. The molecule has 0 radical (unpaired) electrons. The third kappa shape index (κ3) is 2.58. The molecule has 0 spiro atoms. The third-order valence-corrected chi connectivity index (χ3v) is 10.2. The van der Waals surface area contributed by atoms with Crippen LogP contribution >= 0.6 is 0 Å². The van der Waals surface area contributed by atoms with Gasteiger partial charge in [0.15, 0.2) is 17.0 Å². The molecular formula is C29H32O10. The third-order valence-electron chi connectivity index (χ3n) is 10.2. The molecule has 3 heterocycles. The smallest absolute Gasteiger partial charge is 0.314 e. The van der Waals surface area contributed by atoms with Crippen LogP contribution in [-0.4, -0.2) is 80.5 Å². The number of rotatable bonds is 4. The number of fused-ring (bicyclic) bond motifs is 3. The van der Waals surface area contributed by atoms with Gasteiger partial charge in [-0.25, -0.2) is 0 Å². The first-order chi connectivity index (χ1) is 18.4. The second kappa shape index (κ2) is 7.44. The summed E-state index contributed by atoms with van der Waals surface area (Å²) < 4.78 is 32.6. The number of carbonyl (C=O) groups is 2. The molecule has 1 aromatic rings. The van der Waals surface area contributed by atoms with Gasteiger partial charge in [0.2, 0.25) is 0 Å². The molecular weight excluding hydrogens is 508 g/mol. The predicted molar refractivity (Wildman–Crippen MR) is 132 cm³/mol. The van der Waals surface area contributed by atoms with E-state index >= 15 is 0 Å². The Bertz CT molecular complexity index is 1340. The molecule has 3 saturated heterocycles. The van der Waals surface area contributed by atoms with Gasteiger partial charge in [-0.05, 0) is 25.0 Å². The average Bonchev–Trinajstić information content (AvgIpc) is 3.53. The SMILES string of the molecule is C=C(C)[C@@]12OC3(c4ccccc4)O[C@@H]1C1[C@@H]4O[C@]4(CO)[C@@H](O)[C@]4(O)C(=O)C(C)=CC4[C@@]1(O3)[C@H](C)[C@H]2OC(C)=O. The molecule has 3 bridgehead atoms. The van der Waals surface area contributed by atoms with E-state index in [0.29, 0.717) is 11.1 Å². The van der Waals surface area contributed by atoms with Gasteiger partial charge in [-0.2, -0.15) is 0 Å². The molecule has 3 N–H and O–H groups in total. The summed E-state index contributed by atoms with van der Waals surface area (Å²) in [5, 5.41) is 34.4. The fraction of sp³-hybridized carbons (Fsp3) is 0.586. The minimum Gasteiger partial charge on any atom is -0.459 e. The number of ether oxygens (including phenoxy) is 5. The summed E-state index contributed by atoms with van der Waals surface area (Å²) in [6.07, 6.45) is -2.91. The van der Waals surface area contributed by atoms with Crippen LogP contribution in [0.5, 0.6) is 0 Å². The first-order valence-electron chi connectivity index (χ1n) is 13.3. The van der Waals surface area contributed by atoms with Crippen LogP contribution in [0.15, 0.2) is 54.1 Å². The maximum atomic E-state index is 13.6. The van der Waals surface area contributed by atoms with E-state index in [2.05, 4.69) is 6.58 Å². The van der Waals surface area contributed by atoms with Crippen molar-refractivity contribution in [3.05, 3.63) is 59.7 Å². The van der Waals surface area contributed by atoms with Crippen molar-refractivity contribution < 1.29 is 48.6 Å². The van der Waals surface area contributed by atoms with E-state index in [1.807, 2.05) is 13.0 Å². The highest BCUT2D eigenvalue weighted by Gasteiger charge is 2.90. The highest BCUT2D eigenvalue weighted by molar-refractivity contribution is 6.05. The Balaban J connectivity index is 1.57. The molecule has 3 aliphatic heterocycles. The molecule has 1 aromatic carbocycles. The lowest BCUT2D eigenvalue weighted by atomic mass is 9.53. The second-order valence-electron chi connectivity index (χ2n) is 12.0. The van der Waals surface area contributed by atoms with Gasteiger partial charge >= 0.3 is 11.9 Å². The maximum Gasteiger partial charge on any atom is 0.314 e. The van der Waals surface area contributed by atoms with Crippen molar-refractivity contribution in [3.8, 4) is 0 Å². The Morgan fingerprint density at radius 2 is 1.82 bits per heavy atom. The van der Waals surface area contributed by atoms with E-state index in [-0.39, 0.29) is 5.57 Å². The van der Waals surface area contributed by atoms with Crippen LogP contribution in [0.25, 0.3) is 0 Å². The predicted octanol–water partition coefficient (Wildman–Crippen LogP) is 0.874. The zero-order valence-electron chi connectivity index (χ0n) is 22.1. The van der Waals surface area contributed by atoms with Crippen LogP contribution in [0.4, 0.5) is 0 Å². The topological polar surface area (TPSA) is 144 Å². The standard InChI is InChI=1S/C29H32O10/c1-13(2)27-21(35-16(5)31)15(4)28-18-11-14(3)20(32)26(18,34)24(33)25(12-30)22(36-25)19(28)23(27)37-29(38-27,39-28)17-9-7-6-8-10-17/h6-11,15,18-19,21-24,30,33-34H,1,12H2,2-5H3/t15-,18?,19?,21-,22+,23-,24-,25+,26-,27+,28+,29?/m1/s1. The van der Waals surface area contributed by atoms with Crippen LogP contribution in [0.3, 0.4) is 0 Å². The minimum absolute atomic E-state index is 0.243. The van der Waals surface area contributed by atoms with Crippen LogP contribution < -0.4 is 0 Å². The molecule has 12 atom stereocenters. The number of aliphatic hydroxyl groups excluding tert-OH is 2. The van der Waals surface area contributed by atoms with Gasteiger partial charge in [0.25, 0.3) is 0 Å². The number of carbonyl (C=O) groups excluding carboxylic acids is 2. The largest absolute Gasteiger partial charge is 0.459 e. The zero-order chi connectivity index (χ0) is 27.9. The van der Waals surface area contributed by atoms with Crippen molar-refractivity contribution in [2.45, 2.75) is 80.5 Å². The molecule has 0 amide bonds. The molecule has 7 rings (SSSR count). The number of benzene rings is 1. The molecule has 2 saturated carbocycles. The zero-order valence-corrected chi connectivity index (χ0v) is 22.1. The van der Waals surface area contributed by atoms with Gasteiger partial charge in [0.1, 0.15) is 30.0 Å². The number of Topliss-reactive ketones (excluding diaryl/α,β-unsaturated/α-hetero) is 1. The van der Waals surface area contributed by atoms with Gasteiger partial charge in [0, 0.05) is 30.2 Å². The highest BCUT2D eigenvalue weighted by atomic mass is 16.9. The summed E-state index contributed by atoms with van der Waals surface area (Å²) in [5.41, 5.74) is -5.65. The lowest BCUT2D eigenvalue weighted by Crippen LogP contribution is -2.76. The second-order valence-corrected chi connectivity index (χ2v) is 12.0. The number of hydrogen-bond donors (Lipinski definition) is 3. The molecule has 5 fully saturated rings. The summed E-state index contributed by atoms with van der Waals surface area (Å²) in [7, 11) is 0. The highest BCUT2D eigenvalue weighted by Crippen LogP contribution is 2.74. The first-order valence-corrected chi connectivity index (χ1v) is 13.3. The van der Waals surface area contributed by atoms with Gasteiger partial charge in [-0.15, -0.1) is 0 Å². The van der Waals surface area contributed by atoms with Gasteiger partial charge in [-0.1, -0.05) is 49.9 Å². The van der Waals surface area contributed by atoms with Crippen molar-refractivity contribution in [2.24, 2.45) is 17.8 Å².